The number of carbonyl (C=O) groups is 1. The number of benzene rings is 1. The molecule has 2 aliphatic rings. The molecule has 0 unspecified atom stereocenters. The summed E-state index contributed by atoms with van der Waals surface area (Å²) in [5.74, 6) is 0.414. The van der Waals surface area contributed by atoms with Crippen molar-refractivity contribution in [2.75, 3.05) is 19.5 Å². The molecule has 1 aromatic heterocycles. The molecule has 186 valence electrons. The Labute approximate surface area is 211 Å². The van der Waals surface area contributed by atoms with Gasteiger partial charge in [0.2, 0.25) is 0 Å². The average molecular weight is 528 g/mol. The maximum Gasteiger partial charge on any atom is 0.253 e. The number of nitrogens with one attached hydrogen (secondary N) is 1. The van der Waals surface area contributed by atoms with Gasteiger partial charge in [-0.1, -0.05) is 42.5 Å². The van der Waals surface area contributed by atoms with E-state index in [0.717, 1.165) is 49.9 Å². The van der Waals surface area contributed by atoms with Gasteiger partial charge in [-0.25, -0.2) is 8.42 Å². The van der Waals surface area contributed by atoms with E-state index in [1.54, 1.807) is 6.07 Å². The van der Waals surface area contributed by atoms with Crippen LogP contribution < -0.4 is 5.32 Å². The molecule has 0 atom stereocenters. The first kappa shape index (κ1) is 25.5. The van der Waals surface area contributed by atoms with Gasteiger partial charge in [0.15, 0.2) is 9.84 Å². The number of sulfone groups is 1. The number of aromatic nitrogens is 1. The van der Waals surface area contributed by atoms with Gasteiger partial charge < -0.3 is 14.6 Å². The van der Waals surface area contributed by atoms with E-state index in [9.17, 15) is 13.2 Å². The number of rotatable bonds is 6. The zero-order valence-electron chi connectivity index (χ0n) is 19.7. The summed E-state index contributed by atoms with van der Waals surface area (Å²) in [6.45, 7) is 4.05. The summed E-state index contributed by atoms with van der Waals surface area (Å²) in [5, 5.41) is 3.35. The largest absolute Gasteiger partial charge is 0.381 e. The van der Waals surface area contributed by atoms with Crippen molar-refractivity contribution >= 4 is 38.9 Å². The molecule has 2 aromatic rings. The molecule has 0 bridgehead atoms. The van der Waals surface area contributed by atoms with Crippen LogP contribution in [0, 0.1) is 12.8 Å². The minimum Gasteiger partial charge on any atom is -0.381 e. The summed E-state index contributed by atoms with van der Waals surface area (Å²) >= 11 is 13.0. The number of halogens is 2. The Bertz CT molecular complexity index is 1160. The normalized spacial score (nSPS) is 18.2. The van der Waals surface area contributed by atoms with Crippen molar-refractivity contribution in [2.45, 2.75) is 69.4 Å². The van der Waals surface area contributed by atoms with Crippen molar-refractivity contribution in [1.29, 1.82) is 0 Å². The molecule has 1 N–H and O–H groups in total. The lowest BCUT2D eigenvalue weighted by Crippen LogP contribution is -2.39. The van der Waals surface area contributed by atoms with Gasteiger partial charge in [-0.3, -0.25) is 4.79 Å². The molecule has 1 aliphatic heterocycles. The van der Waals surface area contributed by atoms with E-state index in [2.05, 4.69) is 9.88 Å². The second-order valence-electron chi connectivity index (χ2n) is 9.51. The van der Waals surface area contributed by atoms with E-state index >= 15 is 0 Å². The maximum atomic E-state index is 13.3. The van der Waals surface area contributed by atoms with Crippen LogP contribution in [0.4, 0.5) is 0 Å². The fraction of sp³-hybridized carbons (Fsp3) is 0.560. The Kier molecular flexibility index (Phi) is 7.97. The second-order valence-corrected chi connectivity index (χ2v) is 12.3. The fourth-order valence-corrected chi connectivity index (χ4v) is 6.73. The Hall–Kier alpha value is -1.54. The number of nitrogens with zero attached hydrogens (tertiary/aromatic N) is 1. The van der Waals surface area contributed by atoms with Crippen LogP contribution in [0.25, 0.3) is 11.3 Å². The first-order valence-electron chi connectivity index (χ1n) is 11.9. The lowest BCUT2D eigenvalue weighted by atomic mass is 9.89. The number of hydrogen-bond acceptors (Lipinski definition) is 4. The van der Waals surface area contributed by atoms with Crippen LogP contribution in [0.1, 0.15) is 61.0 Å². The third kappa shape index (κ3) is 5.48. The molecule has 4 rings (SSSR count). The smallest absolute Gasteiger partial charge is 0.253 e. The molecule has 9 heteroatoms. The Morgan fingerprint density at radius 3 is 2.41 bits per heavy atom. The van der Waals surface area contributed by atoms with Crippen molar-refractivity contribution in [3.8, 4) is 11.3 Å². The van der Waals surface area contributed by atoms with Crippen molar-refractivity contribution < 1.29 is 17.9 Å². The molecule has 2 fully saturated rings. The van der Waals surface area contributed by atoms with Gasteiger partial charge in [0, 0.05) is 43.3 Å². The highest BCUT2D eigenvalue weighted by Gasteiger charge is 2.26. The zero-order chi connectivity index (χ0) is 24.5. The van der Waals surface area contributed by atoms with Gasteiger partial charge in [0.1, 0.15) is 0 Å². The highest BCUT2D eigenvalue weighted by atomic mass is 35.5. The molecule has 6 nitrogen and oxygen atoms in total. The predicted molar refractivity (Wildman–Crippen MR) is 136 cm³/mol. The minimum absolute atomic E-state index is 0.00232. The van der Waals surface area contributed by atoms with Crippen molar-refractivity contribution in [2.24, 2.45) is 5.92 Å². The number of amides is 1. The highest BCUT2D eigenvalue weighted by Crippen LogP contribution is 2.40. The summed E-state index contributed by atoms with van der Waals surface area (Å²) in [5.41, 5.74) is 2.90. The molecule has 1 saturated carbocycles. The van der Waals surface area contributed by atoms with Crippen LogP contribution in [-0.2, 0) is 21.1 Å². The lowest BCUT2D eigenvalue weighted by Gasteiger charge is -2.25. The zero-order valence-corrected chi connectivity index (χ0v) is 22.0. The third-order valence-electron chi connectivity index (χ3n) is 7.06. The first-order chi connectivity index (χ1) is 16.2. The van der Waals surface area contributed by atoms with Gasteiger partial charge in [0.05, 0.1) is 26.2 Å². The van der Waals surface area contributed by atoms with Gasteiger partial charge in [-0.05, 0) is 56.7 Å². The summed E-state index contributed by atoms with van der Waals surface area (Å²) in [6.07, 6.45) is 8.72. The molecular weight excluding hydrogens is 495 g/mol. The summed E-state index contributed by atoms with van der Waals surface area (Å²) < 4.78 is 31.8. The predicted octanol–water partition coefficient (Wildman–Crippen LogP) is 5.66. The van der Waals surface area contributed by atoms with E-state index in [-0.39, 0.29) is 26.9 Å². The molecule has 0 spiro atoms. The highest BCUT2D eigenvalue weighted by molar-refractivity contribution is 7.90. The molecule has 34 heavy (non-hydrogen) atoms. The maximum absolute atomic E-state index is 13.3. The van der Waals surface area contributed by atoms with Gasteiger partial charge in [-0.2, -0.15) is 0 Å². The molecule has 1 aliphatic carbocycles. The topological polar surface area (TPSA) is 77.4 Å². The SMILES string of the molecule is Cc1c(C(=O)NC2CCOCC2)cc(-c2ccc(S(C)(=O)=O)c(Cl)c2Cl)n1CC1CCCCC1. The molecule has 1 saturated heterocycles. The number of hydrogen-bond donors (Lipinski definition) is 1. The lowest BCUT2D eigenvalue weighted by molar-refractivity contribution is 0.0696. The van der Waals surface area contributed by atoms with Gasteiger partial charge in [0.25, 0.3) is 5.91 Å². The molecule has 1 aromatic carbocycles. The Balaban J connectivity index is 1.75. The Morgan fingerprint density at radius 1 is 1.09 bits per heavy atom. The van der Waals surface area contributed by atoms with E-state index < -0.39 is 9.84 Å². The minimum atomic E-state index is -3.52. The monoisotopic (exact) mass is 526 g/mol. The summed E-state index contributed by atoms with van der Waals surface area (Å²) in [4.78, 5) is 13.3. The summed E-state index contributed by atoms with van der Waals surface area (Å²) in [7, 11) is -3.52. The first-order valence-corrected chi connectivity index (χ1v) is 14.6. The van der Waals surface area contributed by atoms with Gasteiger partial charge >= 0.3 is 0 Å². The van der Waals surface area contributed by atoms with Crippen LogP contribution >= 0.6 is 23.2 Å². The molecule has 0 radical (unpaired) electrons. The summed E-state index contributed by atoms with van der Waals surface area (Å²) in [6, 6.07) is 5.15. The van der Waals surface area contributed by atoms with Gasteiger partial charge in [-0.15, -0.1) is 0 Å². The fourth-order valence-electron chi connectivity index (χ4n) is 5.08. The van der Waals surface area contributed by atoms with Crippen LogP contribution in [-0.4, -0.2) is 44.4 Å². The molecular formula is C25H32Cl2N2O4S. The quantitative estimate of drug-likeness (QED) is 0.526. The van der Waals surface area contributed by atoms with E-state index in [4.69, 9.17) is 27.9 Å². The van der Waals surface area contributed by atoms with Crippen molar-refractivity contribution in [1.82, 2.24) is 9.88 Å². The van der Waals surface area contributed by atoms with Crippen LogP contribution in [0.15, 0.2) is 23.1 Å². The average Bonchev–Trinajstić information content (AvgIpc) is 3.12. The van der Waals surface area contributed by atoms with Crippen molar-refractivity contribution in [3.05, 3.63) is 39.5 Å². The van der Waals surface area contributed by atoms with E-state index in [1.807, 2.05) is 13.0 Å². The van der Waals surface area contributed by atoms with E-state index in [0.29, 0.717) is 30.3 Å². The van der Waals surface area contributed by atoms with Crippen LogP contribution in [0.3, 0.4) is 0 Å². The standard InChI is InChI=1S/C25H32Cl2N2O4S/c1-16-20(25(30)28-18-10-12-33-13-11-18)14-21(29(16)15-17-6-4-3-5-7-17)19-8-9-22(34(2,31)32)24(27)23(19)26/h8-9,14,17-18H,3-7,10-13,15H2,1-2H3,(H,28,30). The van der Waals surface area contributed by atoms with E-state index in [1.165, 1.54) is 25.3 Å². The van der Waals surface area contributed by atoms with Crippen molar-refractivity contribution in [3.63, 3.8) is 0 Å². The van der Waals surface area contributed by atoms with Crippen LogP contribution in [0.2, 0.25) is 10.0 Å². The Morgan fingerprint density at radius 2 is 1.76 bits per heavy atom. The number of ether oxygens (including phenoxy) is 1. The number of carbonyl (C=O) groups excluding carboxylic acids is 1. The third-order valence-corrected chi connectivity index (χ3v) is 9.19. The second kappa shape index (κ2) is 10.6. The molecule has 1 amide bonds. The molecule has 2 heterocycles. The van der Waals surface area contributed by atoms with Crippen LogP contribution in [0.5, 0.6) is 0 Å².